The van der Waals surface area contributed by atoms with Crippen molar-refractivity contribution >= 4 is 29.3 Å². The van der Waals surface area contributed by atoms with E-state index in [0.29, 0.717) is 43.8 Å². The summed E-state index contributed by atoms with van der Waals surface area (Å²) in [6.07, 6.45) is 2.47. The van der Waals surface area contributed by atoms with Gasteiger partial charge in [-0.1, -0.05) is 64.1 Å². The maximum Gasteiger partial charge on any atom is 0.316 e. The summed E-state index contributed by atoms with van der Waals surface area (Å²) in [5.41, 5.74) is 7.07. The van der Waals surface area contributed by atoms with Gasteiger partial charge in [-0.3, -0.25) is 14.4 Å². The normalized spacial score (nSPS) is 37.9. The third-order valence-electron chi connectivity index (χ3n) is 12.9. The van der Waals surface area contributed by atoms with Crippen molar-refractivity contribution < 1.29 is 24.2 Å². The van der Waals surface area contributed by atoms with Gasteiger partial charge < -0.3 is 20.9 Å². The molecule has 0 radical (unpaired) electrons. The van der Waals surface area contributed by atoms with E-state index < -0.39 is 17.6 Å². The predicted octanol–water partition coefficient (Wildman–Crippen LogP) is 5.95. The zero-order chi connectivity index (χ0) is 33.1. The molecule has 2 bridgehead atoms. The SMILES string of the molecule is CC(=O)c1ccc(CNC[C@@]2(C)C[C@@H](OC(=O)CSc3ccc(CN)cc3)[C@]3(C)[C@H](C)C[C@@]45C[C@@](CCC4=O)([C@@H]53)[C@@H](C)[C@@H]2O)cc1. The van der Waals surface area contributed by atoms with Gasteiger partial charge in [-0.2, -0.15) is 0 Å². The van der Waals surface area contributed by atoms with Crippen molar-refractivity contribution in [3.05, 3.63) is 65.2 Å². The lowest BCUT2D eigenvalue weighted by atomic mass is 9.32. The largest absolute Gasteiger partial charge is 0.461 e. The average Bonchev–Trinajstić information content (AvgIpc) is 3.22. The molecule has 248 valence electrons. The Hall–Kier alpha value is -2.52. The van der Waals surface area contributed by atoms with Crippen molar-refractivity contribution in [2.45, 2.75) is 96.9 Å². The van der Waals surface area contributed by atoms with Crippen molar-refractivity contribution in [3.63, 3.8) is 0 Å². The van der Waals surface area contributed by atoms with Crippen LogP contribution in [0.25, 0.3) is 0 Å². The minimum Gasteiger partial charge on any atom is -0.461 e. The summed E-state index contributed by atoms with van der Waals surface area (Å²) in [6.45, 7) is 12.0. The molecule has 2 aromatic carbocycles. The Morgan fingerprint density at radius 3 is 2.37 bits per heavy atom. The summed E-state index contributed by atoms with van der Waals surface area (Å²) in [5, 5.41) is 15.9. The molecule has 46 heavy (non-hydrogen) atoms. The van der Waals surface area contributed by atoms with Gasteiger partial charge in [-0.05, 0) is 79.0 Å². The zero-order valence-corrected chi connectivity index (χ0v) is 28.8. The second kappa shape index (κ2) is 12.2. The second-order valence-corrected chi connectivity index (χ2v) is 16.5. The van der Waals surface area contributed by atoms with Crippen LogP contribution < -0.4 is 11.1 Å². The van der Waals surface area contributed by atoms with E-state index in [-0.39, 0.29) is 51.5 Å². The van der Waals surface area contributed by atoms with Crippen molar-refractivity contribution in [2.75, 3.05) is 12.3 Å². The van der Waals surface area contributed by atoms with Crippen LogP contribution in [-0.2, 0) is 27.4 Å². The third-order valence-corrected chi connectivity index (χ3v) is 13.9. The van der Waals surface area contributed by atoms with E-state index in [2.05, 4.69) is 33.0 Å². The van der Waals surface area contributed by atoms with Crippen molar-refractivity contribution in [1.29, 1.82) is 0 Å². The van der Waals surface area contributed by atoms with Gasteiger partial charge in [0.05, 0.1) is 11.9 Å². The molecule has 0 aliphatic heterocycles. The van der Waals surface area contributed by atoms with Crippen LogP contribution in [0.5, 0.6) is 0 Å². The first-order valence-electron chi connectivity index (χ1n) is 16.9. The lowest BCUT2D eigenvalue weighted by Gasteiger charge is -2.72. The summed E-state index contributed by atoms with van der Waals surface area (Å²) in [4.78, 5) is 40.0. The van der Waals surface area contributed by atoms with Crippen LogP contribution in [0.3, 0.4) is 0 Å². The highest BCUT2D eigenvalue weighted by atomic mass is 32.2. The second-order valence-electron chi connectivity index (χ2n) is 15.5. The standard InChI is InChI=1S/C38H50N2O5S/c1-23-16-38-21-37(15-14-30(38)42)24(2)33(44)35(4,22-40-19-27-6-10-28(11-7-27)25(3)41)17-31(36(23,5)34(37)38)45-32(43)20-46-29-12-8-26(18-39)9-13-29/h6-13,23-24,31,33-34,40,44H,14-22,39H2,1-5H3/t23-,24+,31-,33+,34+,35-,36+,37-,38-/m1/s1. The van der Waals surface area contributed by atoms with E-state index in [1.165, 1.54) is 11.8 Å². The van der Waals surface area contributed by atoms with E-state index in [4.69, 9.17) is 10.5 Å². The van der Waals surface area contributed by atoms with E-state index in [1.807, 2.05) is 48.5 Å². The topological polar surface area (TPSA) is 119 Å². The fourth-order valence-corrected chi connectivity index (χ4v) is 11.1. The molecule has 0 saturated heterocycles. The zero-order valence-electron chi connectivity index (χ0n) is 27.9. The van der Waals surface area contributed by atoms with Gasteiger partial charge in [-0.25, -0.2) is 0 Å². The Morgan fingerprint density at radius 2 is 1.72 bits per heavy atom. The van der Waals surface area contributed by atoms with Gasteiger partial charge in [0.2, 0.25) is 0 Å². The van der Waals surface area contributed by atoms with Crippen LogP contribution in [0.15, 0.2) is 53.4 Å². The van der Waals surface area contributed by atoms with E-state index in [0.717, 1.165) is 35.3 Å². The van der Waals surface area contributed by atoms with Gasteiger partial charge >= 0.3 is 5.97 Å². The number of aliphatic hydroxyl groups excluding tert-OH is 1. The molecule has 4 fully saturated rings. The number of rotatable bonds is 10. The number of hydrogen-bond donors (Lipinski definition) is 3. The lowest BCUT2D eigenvalue weighted by Crippen LogP contribution is -2.72. The first kappa shape index (κ1) is 33.4. The van der Waals surface area contributed by atoms with Crippen LogP contribution in [0, 0.1) is 39.4 Å². The number of ether oxygens (including phenoxy) is 1. The number of hydrogen-bond acceptors (Lipinski definition) is 8. The molecule has 4 N–H and O–H groups in total. The molecule has 2 aromatic rings. The first-order chi connectivity index (χ1) is 21.8. The van der Waals surface area contributed by atoms with Crippen molar-refractivity contribution in [2.24, 2.45) is 45.1 Å². The molecule has 0 unspecified atom stereocenters. The minimum absolute atomic E-state index is 0.00806. The number of carbonyl (C=O) groups excluding carboxylic acids is 3. The molecule has 4 saturated carbocycles. The first-order valence-corrected chi connectivity index (χ1v) is 17.9. The highest BCUT2D eigenvalue weighted by Gasteiger charge is 2.81. The third kappa shape index (κ3) is 5.28. The van der Waals surface area contributed by atoms with E-state index in [9.17, 15) is 19.5 Å². The number of aliphatic hydroxyl groups is 1. The maximum atomic E-state index is 13.6. The molecule has 8 heteroatoms. The molecular formula is C38H50N2O5S. The number of nitrogens with two attached hydrogens (primary N) is 1. The molecular weight excluding hydrogens is 596 g/mol. The highest BCUT2D eigenvalue weighted by Crippen LogP contribution is 2.82. The van der Waals surface area contributed by atoms with Crippen LogP contribution in [0.2, 0.25) is 0 Å². The van der Waals surface area contributed by atoms with Gasteiger partial charge in [0.1, 0.15) is 11.9 Å². The van der Waals surface area contributed by atoms with Crippen LogP contribution in [-0.4, -0.2) is 47.1 Å². The summed E-state index contributed by atoms with van der Waals surface area (Å²) >= 11 is 1.46. The quantitative estimate of drug-likeness (QED) is 0.165. The number of esters is 1. The van der Waals surface area contributed by atoms with Gasteiger partial charge in [0, 0.05) is 52.8 Å². The van der Waals surface area contributed by atoms with Crippen LogP contribution in [0.1, 0.15) is 88.2 Å². The molecule has 4 aliphatic carbocycles. The average molecular weight is 647 g/mol. The highest BCUT2D eigenvalue weighted by molar-refractivity contribution is 8.00. The smallest absolute Gasteiger partial charge is 0.316 e. The number of thioether (sulfide) groups is 1. The Morgan fingerprint density at radius 1 is 1.04 bits per heavy atom. The molecule has 0 aromatic heterocycles. The van der Waals surface area contributed by atoms with Gasteiger partial charge in [0.15, 0.2) is 5.78 Å². The molecule has 4 aliphatic rings. The molecule has 7 nitrogen and oxygen atoms in total. The monoisotopic (exact) mass is 646 g/mol. The van der Waals surface area contributed by atoms with Crippen molar-refractivity contribution in [3.8, 4) is 0 Å². The number of Topliss-reactive ketones (excluding diaryl/α,β-unsaturated/α-hetero) is 2. The fraction of sp³-hybridized carbons (Fsp3) is 0.605. The van der Waals surface area contributed by atoms with Crippen molar-refractivity contribution in [1.82, 2.24) is 5.32 Å². The maximum absolute atomic E-state index is 13.6. The summed E-state index contributed by atoms with van der Waals surface area (Å²) < 4.78 is 6.56. The van der Waals surface area contributed by atoms with Crippen LogP contribution >= 0.6 is 11.8 Å². The number of nitrogens with one attached hydrogen (secondary N) is 1. The molecule has 2 spiro atoms. The Bertz CT molecular complexity index is 1500. The summed E-state index contributed by atoms with van der Waals surface area (Å²) in [6, 6.07) is 15.6. The predicted molar refractivity (Wildman–Crippen MR) is 180 cm³/mol. The van der Waals surface area contributed by atoms with Gasteiger partial charge in [-0.15, -0.1) is 11.8 Å². The Kier molecular flexibility index (Phi) is 8.84. The van der Waals surface area contributed by atoms with Gasteiger partial charge in [0.25, 0.3) is 0 Å². The lowest BCUT2D eigenvalue weighted by molar-refractivity contribution is -0.261. The Balaban J connectivity index is 1.27. The van der Waals surface area contributed by atoms with E-state index >= 15 is 0 Å². The molecule has 9 atom stereocenters. The van der Waals surface area contributed by atoms with E-state index in [1.54, 1.807) is 6.92 Å². The Labute approximate surface area is 277 Å². The summed E-state index contributed by atoms with van der Waals surface area (Å²) in [5.74, 6) is 0.648. The number of ketones is 2. The number of benzene rings is 2. The van der Waals surface area contributed by atoms with Crippen LogP contribution in [0.4, 0.5) is 0 Å². The molecule has 0 heterocycles. The molecule has 0 amide bonds. The minimum atomic E-state index is -0.636. The molecule has 6 rings (SSSR count). The fourth-order valence-electron chi connectivity index (χ4n) is 10.5. The summed E-state index contributed by atoms with van der Waals surface area (Å²) in [7, 11) is 0. The number of carbonyl (C=O) groups is 3.